The number of carbonyl (C=O) groups excluding carboxylic acids is 1. The van der Waals surface area contributed by atoms with E-state index in [9.17, 15) is 9.18 Å². The summed E-state index contributed by atoms with van der Waals surface area (Å²) in [4.78, 5) is 17.3. The molecule has 2 aromatic heterocycles. The van der Waals surface area contributed by atoms with Crippen LogP contribution in [0, 0.1) is 12.7 Å². The quantitative estimate of drug-likeness (QED) is 0.783. The molecule has 1 amide bonds. The molecular weight excluding hydrogens is 321 g/mol. The first kappa shape index (κ1) is 15.7. The number of pyridine rings is 1. The van der Waals surface area contributed by atoms with E-state index in [0.29, 0.717) is 33.6 Å². The average molecular weight is 339 g/mol. The number of halogens is 1. The maximum absolute atomic E-state index is 13.2. The van der Waals surface area contributed by atoms with Crippen molar-refractivity contribution in [3.8, 4) is 11.3 Å². The molecular formula is C19H18FN3O2. The number of hydrogen-bond acceptors (Lipinski definition) is 4. The SMILES string of the molecule is Cc1noc2nc(-c3ccc(F)cc3)cc(C(=O)NC3CCCC3)c12. The van der Waals surface area contributed by atoms with Crippen molar-refractivity contribution in [1.29, 1.82) is 0 Å². The minimum absolute atomic E-state index is 0.144. The standard InChI is InChI=1S/C19H18FN3O2/c1-11-17-15(18(24)21-14-4-2-3-5-14)10-16(22-19(17)25-23-11)12-6-8-13(20)9-7-12/h6-10,14H,2-5H2,1H3,(H,21,24). The number of hydrogen-bond donors (Lipinski definition) is 1. The Labute approximate surface area is 144 Å². The summed E-state index contributed by atoms with van der Waals surface area (Å²) in [5.74, 6) is -0.464. The number of amides is 1. The molecule has 1 aliphatic rings. The largest absolute Gasteiger partial charge is 0.349 e. The van der Waals surface area contributed by atoms with E-state index in [0.717, 1.165) is 25.7 Å². The molecule has 1 saturated carbocycles. The van der Waals surface area contributed by atoms with Crippen LogP contribution in [0.1, 0.15) is 41.7 Å². The predicted molar refractivity (Wildman–Crippen MR) is 91.7 cm³/mol. The Morgan fingerprint density at radius 1 is 1.24 bits per heavy atom. The zero-order chi connectivity index (χ0) is 17.4. The molecule has 1 aliphatic carbocycles. The summed E-state index contributed by atoms with van der Waals surface area (Å²) in [5, 5.41) is 7.66. The Kier molecular flexibility index (Phi) is 3.95. The summed E-state index contributed by atoms with van der Waals surface area (Å²) in [6.45, 7) is 1.79. The fourth-order valence-corrected chi connectivity index (χ4v) is 3.38. The van der Waals surface area contributed by atoms with E-state index in [1.165, 1.54) is 12.1 Å². The molecule has 4 rings (SSSR count). The second kappa shape index (κ2) is 6.27. The minimum Gasteiger partial charge on any atom is -0.349 e. The van der Waals surface area contributed by atoms with Crippen LogP contribution in [0.15, 0.2) is 34.9 Å². The average Bonchev–Trinajstić information content (AvgIpc) is 3.25. The van der Waals surface area contributed by atoms with Crippen molar-refractivity contribution in [3.63, 3.8) is 0 Å². The highest BCUT2D eigenvalue weighted by atomic mass is 19.1. The molecule has 2 heterocycles. The van der Waals surface area contributed by atoms with E-state index in [4.69, 9.17) is 4.52 Å². The molecule has 0 spiro atoms. The van der Waals surface area contributed by atoms with Crippen LogP contribution in [0.25, 0.3) is 22.4 Å². The van der Waals surface area contributed by atoms with E-state index >= 15 is 0 Å². The molecule has 25 heavy (non-hydrogen) atoms. The van der Waals surface area contributed by atoms with Crippen LogP contribution >= 0.6 is 0 Å². The van der Waals surface area contributed by atoms with Gasteiger partial charge in [0.15, 0.2) is 0 Å². The molecule has 1 aromatic carbocycles. The fraction of sp³-hybridized carbons (Fsp3) is 0.316. The zero-order valence-corrected chi connectivity index (χ0v) is 13.9. The molecule has 0 saturated heterocycles. The second-order valence-corrected chi connectivity index (χ2v) is 6.46. The number of rotatable bonds is 3. The highest BCUT2D eigenvalue weighted by Crippen LogP contribution is 2.28. The number of aryl methyl sites for hydroxylation is 1. The number of nitrogens with one attached hydrogen (secondary N) is 1. The lowest BCUT2D eigenvalue weighted by molar-refractivity contribution is 0.0939. The summed E-state index contributed by atoms with van der Waals surface area (Å²) >= 11 is 0. The predicted octanol–water partition coefficient (Wildman–Crippen LogP) is 4.01. The Morgan fingerprint density at radius 2 is 1.96 bits per heavy atom. The first-order valence-electron chi connectivity index (χ1n) is 8.45. The van der Waals surface area contributed by atoms with Crippen LogP contribution in [0.5, 0.6) is 0 Å². The van der Waals surface area contributed by atoms with Gasteiger partial charge >= 0.3 is 0 Å². The van der Waals surface area contributed by atoms with Gasteiger partial charge in [0, 0.05) is 11.6 Å². The molecule has 1 N–H and O–H groups in total. The van der Waals surface area contributed by atoms with Crippen molar-refractivity contribution >= 4 is 17.0 Å². The fourth-order valence-electron chi connectivity index (χ4n) is 3.38. The lowest BCUT2D eigenvalue weighted by Crippen LogP contribution is -2.32. The Bertz CT molecular complexity index is 928. The summed E-state index contributed by atoms with van der Waals surface area (Å²) in [7, 11) is 0. The molecule has 1 fully saturated rings. The van der Waals surface area contributed by atoms with Crippen LogP contribution in [-0.4, -0.2) is 22.1 Å². The summed E-state index contributed by atoms with van der Waals surface area (Å²) in [6.07, 6.45) is 4.30. The van der Waals surface area contributed by atoms with Crippen molar-refractivity contribution < 1.29 is 13.7 Å². The highest BCUT2D eigenvalue weighted by Gasteiger charge is 2.23. The molecule has 3 aromatic rings. The first-order valence-corrected chi connectivity index (χ1v) is 8.45. The van der Waals surface area contributed by atoms with Gasteiger partial charge in [-0.05, 0) is 50.1 Å². The third-order valence-electron chi connectivity index (χ3n) is 4.69. The van der Waals surface area contributed by atoms with Crippen molar-refractivity contribution in [2.75, 3.05) is 0 Å². The lowest BCUT2D eigenvalue weighted by Gasteiger charge is -2.13. The second-order valence-electron chi connectivity index (χ2n) is 6.46. The summed E-state index contributed by atoms with van der Waals surface area (Å²) < 4.78 is 18.5. The highest BCUT2D eigenvalue weighted by molar-refractivity contribution is 6.07. The smallest absolute Gasteiger partial charge is 0.259 e. The molecule has 128 valence electrons. The van der Waals surface area contributed by atoms with Gasteiger partial charge in [-0.2, -0.15) is 0 Å². The van der Waals surface area contributed by atoms with Gasteiger partial charge < -0.3 is 9.84 Å². The van der Waals surface area contributed by atoms with E-state index in [2.05, 4.69) is 15.5 Å². The van der Waals surface area contributed by atoms with Crippen molar-refractivity contribution in [3.05, 3.63) is 47.4 Å². The number of nitrogens with zero attached hydrogens (tertiary/aromatic N) is 2. The molecule has 0 atom stereocenters. The maximum Gasteiger partial charge on any atom is 0.259 e. The number of aromatic nitrogens is 2. The molecule has 6 heteroatoms. The molecule has 0 bridgehead atoms. The van der Waals surface area contributed by atoms with E-state index < -0.39 is 0 Å². The number of fused-ring (bicyclic) bond motifs is 1. The van der Waals surface area contributed by atoms with Gasteiger partial charge in [0.05, 0.1) is 22.3 Å². The van der Waals surface area contributed by atoms with Gasteiger partial charge in [0.25, 0.3) is 11.6 Å². The molecule has 0 unspecified atom stereocenters. The third-order valence-corrected chi connectivity index (χ3v) is 4.69. The lowest BCUT2D eigenvalue weighted by atomic mass is 10.0. The summed E-state index contributed by atoms with van der Waals surface area (Å²) in [6, 6.07) is 7.93. The Hall–Kier alpha value is -2.76. The van der Waals surface area contributed by atoms with Crippen LogP contribution in [0.3, 0.4) is 0 Å². The number of carbonyl (C=O) groups is 1. The van der Waals surface area contributed by atoms with Crippen LogP contribution in [0.2, 0.25) is 0 Å². The van der Waals surface area contributed by atoms with Crippen molar-refractivity contribution in [2.24, 2.45) is 0 Å². The van der Waals surface area contributed by atoms with Crippen LogP contribution in [-0.2, 0) is 0 Å². The van der Waals surface area contributed by atoms with Gasteiger partial charge in [-0.1, -0.05) is 18.0 Å². The zero-order valence-electron chi connectivity index (χ0n) is 13.9. The van der Waals surface area contributed by atoms with Gasteiger partial charge in [0.2, 0.25) is 0 Å². The minimum atomic E-state index is -0.320. The topological polar surface area (TPSA) is 68.0 Å². The van der Waals surface area contributed by atoms with E-state index in [1.54, 1.807) is 25.1 Å². The first-order chi connectivity index (χ1) is 12.1. The normalized spacial score (nSPS) is 15.0. The van der Waals surface area contributed by atoms with E-state index in [1.807, 2.05) is 0 Å². The van der Waals surface area contributed by atoms with Gasteiger partial charge in [0.1, 0.15) is 5.82 Å². The molecule has 0 radical (unpaired) electrons. The maximum atomic E-state index is 13.2. The monoisotopic (exact) mass is 339 g/mol. The Balaban J connectivity index is 1.78. The van der Waals surface area contributed by atoms with Gasteiger partial charge in [-0.3, -0.25) is 4.79 Å². The van der Waals surface area contributed by atoms with Crippen molar-refractivity contribution in [1.82, 2.24) is 15.5 Å². The third kappa shape index (κ3) is 2.99. The molecule has 0 aliphatic heterocycles. The van der Waals surface area contributed by atoms with Crippen LogP contribution in [0.4, 0.5) is 4.39 Å². The van der Waals surface area contributed by atoms with Crippen molar-refractivity contribution in [2.45, 2.75) is 38.6 Å². The number of benzene rings is 1. The van der Waals surface area contributed by atoms with Gasteiger partial charge in [-0.15, -0.1) is 0 Å². The Morgan fingerprint density at radius 3 is 2.68 bits per heavy atom. The van der Waals surface area contributed by atoms with E-state index in [-0.39, 0.29) is 17.8 Å². The van der Waals surface area contributed by atoms with Gasteiger partial charge in [-0.25, -0.2) is 9.37 Å². The molecule has 5 nitrogen and oxygen atoms in total. The summed E-state index contributed by atoms with van der Waals surface area (Å²) in [5.41, 5.74) is 2.71. The van der Waals surface area contributed by atoms with Crippen LogP contribution < -0.4 is 5.32 Å².